The Hall–Kier alpha value is -1.57. The molecule has 0 saturated heterocycles. The Kier molecular flexibility index (Phi) is 4.64. The van der Waals surface area contributed by atoms with Gasteiger partial charge in [-0.25, -0.2) is 0 Å². The largest absolute Gasteiger partial charge is 0.384 e. The molecule has 0 bridgehead atoms. The van der Waals surface area contributed by atoms with Crippen molar-refractivity contribution in [3.8, 4) is 0 Å². The van der Waals surface area contributed by atoms with Crippen LogP contribution in [0.25, 0.3) is 0 Å². The van der Waals surface area contributed by atoms with Crippen LogP contribution in [0.5, 0.6) is 0 Å². The van der Waals surface area contributed by atoms with E-state index in [-0.39, 0.29) is 5.84 Å². The number of allylic oxidation sites excluding steroid dienone is 4. The Morgan fingerprint density at radius 3 is 1.93 bits per heavy atom. The third kappa shape index (κ3) is 3.90. The highest BCUT2D eigenvalue weighted by molar-refractivity contribution is 5.99. The fourth-order valence-electron chi connectivity index (χ4n) is 0.896. The molecule has 2 heteroatoms. The summed E-state index contributed by atoms with van der Waals surface area (Å²) in [6.07, 6.45) is 3.85. The van der Waals surface area contributed by atoms with E-state index in [0.29, 0.717) is 5.57 Å². The smallest absolute Gasteiger partial charge is 0.122 e. The fourth-order valence-corrected chi connectivity index (χ4v) is 0.896. The number of hydrogen-bond acceptors (Lipinski definition) is 1. The molecule has 0 aromatic rings. The lowest BCUT2D eigenvalue weighted by Crippen LogP contribution is -2.13. The molecule has 0 rings (SSSR count). The molecule has 0 fully saturated rings. The summed E-state index contributed by atoms with van der Waals surface area (Å²) in [4.78, 5) is 0. The summed E-state index contributed by atoms with van der Waals surface area (Å²) in [5.74, 6) is -0.0126. The summed E-state index contributed by atoms with van der Waals surface area (Å²) in [5, 5.41) is 7.29. The Bertz CT molecular complexity index is 326. The maximum absolute atomic E-state index is 7.29. The van der Waals surface area contributed by atoms with Crippen LogP contribution < -0.4 is 5.73 Å². The van der Waals surface area contributed by atoms with Crippen LogP contribution >= 0.6 is 0 Å². The summed E-state index contributed by atoms with van der Waals surface area (Å²) in [6, 6.07) is 0. The minimum Gasteiger partial charge on any atom is -0.384 e. The standard InChI is InChI=1S/C12H18N2/c1-8(2)6-7-11(9(3)4)10(5)12(13)14/h6-7H,3,5H2,1-2,4H3,(H3,13,14)/b11-7+. The highest BCUT2D eigenvalue weighted by atomic mass is 14.7. The van der Waals surface area contributed by atoms with Gasteiger partial charge < -0.3 is 5.73 Å². The molecule has 0 aliphatic rings. The van der Waals surface area contributed by atoms with E-state index in [1.165, 1.54) is 5.57 Å². The van der Waals surface area contributed by atoms with Gasteiger partial charge in [-0.2, -0.15) is 0 Å². The Morgan fingerprint density at radius 1 is 1.14 bits per heavy atom. The molecule has 0 aliphatic carbocycles. The van der Waals surface area contributed by atoms with Crippen molar-refractivity contribution in [1.29, 1.82) is 5.41 Å². The second-order valence-corrected chi connectivity index (χ2v) is 3.50. The molecule has 14 heavy (non-hydrogen) atoms. The van der Waals surface area contributed by atoms with Gasteiger partial charge in [-0.05, 0) is 26.3 Å². The number of nitrogens with two attached hydrogens (primary N) is 1. The molecule has 76 valence electrons. The van der Waals surface area contributed by atoms with Crippen molar-refractivity contribution in [3.63, 3.8) is 0 Å². The number of nitrogens with one attached hydrogen (secondary N) is 1. The van der Waals surface area contributed by atoms with E-state index in [0.717, 1.165) is 11.1 Å². The number of rotatable bonds is 4. The van der Waals surface area contributed by atoms with Gasteiger partial charge in [0, 0.05) is 5.57 Å². The topological polar surface area (TPSA) is 49.9 Å². The molecular weight excluding hydrogens is 172 g/mol. The van der Waals surface area contributed by atoms with Gasteiger partial charge in [0.25, 0.3) is 0 Å². The third-order valence-corrected chi connectivity index (χ3v) is 1.69. The van der Waals surface area contributed by atoms with Gasteiger partial charge in [0.1, 0.15) is 5.84 Å². The first-order valence-corrected chi connectivity index (χ1v) is 4.41. The van der Waals surface area contributed by atoms with E-state index >= 15 is 0 Å². The van der Waals surface area contributed by atoms with Crippen molar-refractivity contribution < 1.29 is 0 Å². The van der Waals surface area contributed by atoms with Crippen molar-refractivity contribution in [2.24, 2.45) is 5.73 Å². The van der Waals surface area contributed by atoms with E-state index < -0.39 is 0 Å². The van der Waals surface area contributed by atoms with E-state index in [2.05, 4.69) is 13.2 Å². The molecule has 2 nitrogen and oxygen atoms in total. The van der Waals surface area contributed by atoms with Gasteiger partial charge in [-0.15, -0.1) is 0 Å². The average Bonchev–Trinajstić information content (AvgIpc) is 2.02. The van der Waals surface area contributed by atoms with Crippen LogP contribution in [0.3, 0.4) is 0 Å². The van der Waals surface area contributed by atoms with Gasteiger partial charge in [0.15, 0.2) is 0 Å². The molecule has 0 radical (unpaired) electrons. The first-order chi connectivity index (χ1) is 6.36. The molecule has 0 aromatic carbocycles. The van der Waals surface area contributed by atoms with Crippen LogP contribution in [0, 0.1) is 5.41 Å². The SMILES string of the molecule is C=C(C)/C(=C\C=C(C)C)C(=C)C(=N)N. The van der Waals surface area contributed by atoms with Crippen LogP contribution in [0.2, 0.25) is 0 Å². The number of amidine groups is 1. The fraction of sp³-hybridized carbons (Fsp3) is 0.250. The second kappa shape index (κ2) is 5.22. The zero-order valence-electron chi connectivity index (χ0n) is 9.15. The van der Waals surface area contributed by atoms with Crippen LogP contribution in [-0.2, 0) is 0 Å². The highest BCUT2D eigenvalue weighted by Crippen LogP contribution is 2.16. The monoisotopic (exact) mass is 190 g/mol. The van der Waals surface area contributed by atoms with Crippen LogP contribution in [0.1, 0.15) is 20.8 Å². The minimum absolute atomic E-state index is 0.0126. The molecule has 0 unspecified atom stereocenters. The van der Waals surface area contributed by atoms with Gasteiger partial charge in [0.05, 0.1) is 0 Å². The minimum atomic E-state index is -0.0126. The summed E-state index contributed by atoms with van der Waals surface area (Å²) < 4.78 is 0. The molecule has 0 heterocycles. The van der Waals surface area contributed by atoms with E-state index in [9.17, 15) is 0 Å². The van der Waals surface area contributed by atoms with Gasteiger partial charge in [0.2, 0.25) is 0 Å². The van der Waals surface area contributed by atoms with Crippen molar-refractivity contribution in [2.45, 2.75) is 20.8 Å². The molecule has 0 saturated carbocycles. The summed E-state index contributed by atoms with van der Waals surface area (Å²) in [7, 11) is 0. The lowest BCUT2D eigenvalue weighted by Gasteiger charge is -2.08. The molecular formula is C12H18N2. The zero-order valence-corrected chi connectivity index (χ0v) is 9.15. The maximum atomic E-state index is 7.29. The normalized spacial score (nSPS) is 10.6. The summed E-state index contributed by atoms with van der Waals surface area (Å²) >= 11 is 0. The third-order valence-electron chi connectivity index (χ3n) is 1.69. The summed E-state index contributed by atoms with van der Waals surface area (Å²) in [6.45, 7) is 13.5. The van der Waals surface area contributed by atoms with Crippen molar-refractivity contribution in [3.05, 3.63) is 47.6 Å². The quantitative estimate of drug-likeness (QED) is 0.399. The molecule has 0 atom stereocenters. The lowest BCUT2D eigenvalue weighted by molar-refractivity contribution is 1.34. The maximum Gasteiger partial charge on any atom is 0.122 e. The van der Waals surface area contributed by atoms with Crippen molar-refractivity contribution in [1.82, 2.24) is 0 Å². The van der Waals surface area contributed by atoms with Gasteiger partial charge in [-0.1, -0.05) is 36.5 Å². The first kappa shape index (κ1) is 12.4. The Labute approximate surface area is 86.0 Å². The van der Waals surface area contributed by atoms with E-state index in [1.807, 2.05) is 32.9 Å². The van der Waals surface area contributed by atoms with Crippen LogP contribution in [0.4, 0.5) is 0 Å². The second-order valence-electron chi connectivity index (χ2n) is 3.50. The van der Waals surface area contributed by atoms with Crippen LogP contribution in [-0.4, -0.2) is 5.84 Å². The lowest BCUT2D eigenvalue weighted by atomic mass is 10.00. The predicted molar refractivity (Wildman–Crippen MR) is 63.4 cm³/mol. The molecule has 0 spiro atoms. The van der Waals surface area contributed by atoms with Crippen molar-refractivity contribution >= 4 is 5.84 Å². The Balaban J connectivity index is 5.07. The molecule has 0 aliphatic heterocycles. The zero-order chi connectivity index (χ0) is 11.3. The Morgan fingerprint density at radius 2 is 1.64 bits per heavy atom. The van der Waals surface area contributed by atoms with E-state index in [1.54, 1.807) is 0 Å². The molecule has 0 amide bonds. The highest BCUT2D eigenvalue weighted by Gasteiger charge is 2.04. The van der Waals surface area contributed by atoms with Crippen molar-refractivity contribution in [2.75, 3.05) is 0 Å². The number of hydrogen-bond donors (Lipinski definition) is 2. The summed E-state index contributed by atoms with van der Waals surface area (Å²) in [5.41, 5.74) is 8.76. The predicted octanol–water partition coefficient (Wildman–Crippen LogP) is 2.95. The molecule has 3 N–H and O–H groups in total. The molecule has 0 aromatic heterocycles. The average molecular weight is 190 g/mol. The first-order valence-electron chi connectivity index (χ1n) is 4.41. The van der Waals surface area contributed by atoms with Crippen LogP contribution in [0.15, 0.2) is 47.6 Å². The van der Waals surface area contributed by atoms with Gasteiger partial charge >= 0.3 is 0 Å². The van der Waals surface area contributed by atoms with E-state index in [4.69, 9.17) is 11.1 Å². The van der Waals surface area contributed by atoms with Gasteiger partial charge in [-0.3, -0.25) is 5.41 Å².